The molecule has 11 nitrogen and oxygen atoms in total. The molecular weight excluding hydrogens is 478 g/mol. The molecule has 0 aliphatic rings. The first-order chi connectivity index (χ1) is 17.4. The Labute approximate surface area is 217 Å². The van der Waals surface area contributed by atoms with Crippen LogP contribution in [0.4, 0.5) is 0 Å². The fourth-order valence-corrected chi connectivity index (χ4v) is 3.32. The maximum Gasteiger partial charge on any atom is 0.246 e. The Bertz CT molecular complexity index is 950. The lowest BCUT2D eigenvalue weighted by atomic mass is 10.0. The molecule has 1 rings (SSSR count). The minimum atomic E-state index is -1.03. The summed E-state index contributed by atoms with van der Waals surface area (Å²) >= 11 is 0. The number of aliphatic hydroxyl groups excluding tert-OH is 1. The van der Waals surface area contributed by atoms with Gasteiger partial charge in [-0.1, -0.05) is 50.8 Å². The molecule has 0 bridgehead atoms. The molecule has 0 aromatic heterocycles. The van der Waals surface area contributed by atoms with Crippen molar-refractivity contribution in [2.24, 2.45) is 11.7 Å². The first-order valence-corrected chi connectivity index (χ1v) is 12.2. The molecule has 0 aliphatic carbocycles. The normalized spacial score (nSPS) is 13.1. The van der Waals surface area contributed by atoms with Crippen molar-refractivity contribution in [2.45, 2.75) is 58.2 Å². The third-order valence-electron chi connectivity index (χ3n) is 5.27. The summed E-state index contributed by atoms with van der Waals surface area (Å²) < 4.78 is 0. The molecule has 0 saturated carbocycles. The van der Waals surface area contributed by atoms with Crippen LogP contribution in [0.5, 0.6) is 0 Å². The number of Topliss-reactive ketones (excluding diaryl/α,β-unsaturated/α-hetero) is 1. The number of benzene rings is 1. The molecule has 0 heterocycles. The highest BCUT2D eigenvalue weighted by atomic mass is 16.3. The zero-order chi connectivity index (χ0) is 28.0. The fraction of sp³-hybridized carbons (Fsp3) is 0.500. The lowest BCUT2D eigenvalue weighted by Gasteiger charge is -2.24. The molecule has 0 fully saturated rings. The van der Waals surface area contributed by atoms with Gasteiger partial charge in [-0.2, -0.15) is 0 Å². The molecule has 37 heavy (non-hydrogen) atoms. The predicted molar refractivity (Wildman–Crippen MR) is 139 cm³/mol. The second kappa shape index (κ2) is 16.2. The van der Waals surface area contributed by atoms with E-state index in [1.54, 1.807) is 24.3 Å². The molecule has 1 unspecified atom stereocenters. The van der Waals surface area contributed by atoms with E-state index in [9.17, 15) is 29.1 Å². The molecule has 0 spiro atoms. The monoisotopic (exact) mass is 517 g/mol. The van der Waals surface area contributed by atoms with E-state index < -0.39 is 47.6 Å². The second-order valence-corrected chi connectivity index (χ2v) is 9.31. The zero-order valence-electron chi connectivity index (χ0n) is 21.7. The van der Waals surface area contributed by atoms with Crippen molar-refractivity contribution in [1.82, 2.24) is 21.3 Å². The van der Waals surface area contributed by atoms with Gasteiger partial charge in [-0.25, -0.2) is 0 Å². The van der Waals surface area contributed by atoms with E-state index in [1.165, 1.54) is 6.92 Å². The standard InChI is InChI=1S/C26H39N5O6/c1-16(2)10-21(25(36)28-14-20(33)12-19(32)13-27)31-26(37)22(11-18-8-6-5-7-9-18)30-23(34)15-29-24(35)17(3)4/h5-9,16,19,21-22,32H,3,10-15,27H2,1-2,4H3,(H,28,36)(H,29,35)(H,30,34)(H,31,37)/t19?,21-,22-/m0/s1. The van der Waals surface area contributed by atoms with Crippen molar-refractivity contribution in [2.75, 3.05) is 19.6 Å². The number of rotatable bonds is 16. The average Bonchev–Trinajstić information content (AvgIpc) is 2.85. The van der Waals surface area contributed by atoms with E-state index in [0.717, 1.165) is 5.56 Å². The van der Waals surface area contributed by atoms with Crippen LogP contribution < -0.4 is 27.0 Å². The highest BCUT2D eigenvalue weighted by Gasteiger charge is 2.28. The highest BCUT2D eigenvalue weighted by molar-refractivity contribution is 5.96. The Balaban J connectivity index is 2.93. The molecular formula is C26H39N5O6. The number of nitrogens with one attached hydrogen (secondary N) is 4. The van der Waals surface area contributed by atoms with Gasteiger partial charge in [0.2, 0.25) is 23.6 Å². The van der Waals surface area contributed by atoms with Crippen molar-refractivity contribution in [1.29, 1.82) is 0 Å². The van der Waals surface area contributed by atoms with Gasteiger partial charge in [0.1, 0.15) is 12.1 Å². The lowest BCUT2D eigenvalue weighted by Crippen LogP contribution is -2.56. The van der Waals surface area contributed by atoms with E-state index in [4.69, 9.17) is 5.73 Å². The molecule has 4 amide bonds. The molecule has 1 aromatic rings. The van der Waals surface area contributed by atoms with Crippen LogP contribution in [0.15, 0.2) is 42.5 Å². The van der Waals surface area contributed by atoms with E-state index in [-0.39, 0.29) is 50.4 Å². The predicted octanol–water partition coefficient (Wildman–Crippen LogP) is -0.668. The number of aliphatic hydroxyl groups is 1. The number of nitrogens with two attached hydrogens (primary N) is 1. The van der Waals surface area contributed by atoms with Gasteiger partial charge in [0.25, 0.3) is 0 Å². The van der Waals surface area contributed by atoms with E-state index >= 15 is 0 Å². The number of ketones is 1. The summed E-state index contributed by atoms with van der Waals surface area (Å²) in [6.07, 6.45) is -0.737. The second-order valence-electron chi connectivity index (χ2n) is 9.31. The lowest BCUT2D eigenvalue weighted by molar-refractivity contribution is -0.133. The summed E-state index contributed by atoms with van der Waals surface area (Å²) in [5.41, 5.74) is 6.33. The van der Waals surface area contributed by atoms with Crippen molar-refractivity contribution in [3.63, 3.8) is 0 Å². The average molecular weight is 518 g/mol. The van der Waals surface area contributed by atoms with Gasteiger partial charge in [0.15, 0.2) is 5.78 Å². The summed E-state index contributed by atoms with van der Waals surface area (Å²) in [4.78, 5) is 62.2. The number of carbonyl (C=O) groups is 5. The van der Waals surface area contributed by atoms with Gasteiger partial charge < -0.3 is 32.1 Å². The maximum atomic E-state index is 13.2. The van der Waals surface area contributed by atoms with Gasteiger partial charge in [-0.15, -0.1) is 0 Å². The van der Waals surface area contributed by atoms with Crippen LogP contribution in [0.1, 0.15) is 39.2 Å². The van der Waals surface area contributed by atoms with Gasteiger partial charge in [-0.05, 0) is 24.8 Å². The molecule has 204 valence electrons. The van der Waals surface area contributed by atoms with Crippen molar-refractivity contribution in [3.8, 4) is 0 Å². The van der Waals surface area contributed by atoms with Crippen LogP contribution in [-0.2, 0) is 30.4 Å². The van der Waals surface area contributed by atoms with Crippen LogP contribution in [0.3, 0.4) is 0 Å². The number of amides is 4. The Morgan fingerprint density at radius 1 is 0.946 bits per heavy atom. The highest BCUT2D eigenvalue weighted by Crippen LogP contribution is 2.08. The first kappa shape index (κ1) is 31.5. The Kier molecular flexibility index (Phi) is 13.8. The molecule has 1 aromatic carbocycles. The smallest absolute Gasteiger partial charge is 0.246 e. The molecule has 7 N–H and O–H groups in total. The number of carbonyl (C=O) groups excluding carboxylic acids is 5. The molecule has 0 saturated heterocycles. The van der Waals surface area contributed by atoms with Crippen LogP contribution in [0.2, 0.25) is 0 Å². The molecule has 0 aliphatic heterocycles. The van der Waals surface area contributed by atoms with Gasteiger partial charge in [0.05, 0.1) is 19.2 Å². The van der Waals surface area contributed by atoms with Crippen molar-refractivity contribution >= 4 is 29.4 Å². The summed E-state index contributed by atoms with van der Waals surface area (Å²) in [7, 11) is 0. The van der Waals surface area contributed by atoms with Gasteiger partial charge >= 0.3 is 0 Å². The van der Waals surface area contributed by atoms with Gasteiger partial charge in [-0.3, -0.25) is 24.0 Å². The van der Waals surface area contributed by atoms with Crippen LogP contribution in [0, 0.1) is 5.92 Å². The Morgan fingerprint density at radius 2 is 1.59 bits per heavy atom. The number of hydrogen-bond acceptors (Lipinski definition) is 7. The quantitative estimate of drug-likeness (QED) is 0.157. The van der Waals surface area contributed by atoms with E-state index in [2.05, 4.69) is 27.8 Å². The number of hydrogen-bond donors (Lipinski definition) is 6. The van der Waals surface area contributed by atoms with Crippen LogP contribution in [0.25, 0.3) is 0 Å². The third-order valence-corrected chi connectivity index (χ3v) is 5.27. The third kappa shape index (κ3) is 12.8. The fourth-order valence-electron chi connectivity index (χ4n) is 3.32. The van der Waals surface area contributed by atoms with E-state index in [1.807, 2.05) is 19.9 Å². The van der Waals surface area contributed by atoms with Crippen molar-refractivity contribution < 1.29 is 29.1 Å². The van der Waals surface area contributed by atoms with E-state index in [0.29, 0.717) is 0 Å². The summed E-state index contributed by atoms with van der Waals surface area (Å²) in [5, 5.41) is 19.7. The molecule has 0 radical (unpaired) electrons. The molecule has 3 atom stereocenters. The summed E-state index contributed by atoms with van der Waals surface area (Å²) in [5.74, 6) is -2.58. The topological polar surface area (TPSA) is 180 Å². The maximum absolute atomic E-state index is 13.2. The van der Waals surface area contributed by atoms with Crippen molar-refractivity contribution in [3.05, 3.63) is 48.0 Å². The van der Waals surface area contributed by atoms with Gasteiger partial charge in [0, 0.05) is 25.0 Å². The summed E-state index contributed by atoms with van der Waals surface area (Å²) in [6.45, 7) is 8.04. The largest absolute Gasteiger partial charge is 0.391 e. The minimum absolute atomic E-state index is 0.0327. The van der Waals surface area contributed by atoms with Crippen LogP contribution in [-0.4, -0.2) is 72.3 Å². The zero-order valence-corrected chi connectivity index (χ0v) is 21.7. The first-order valence-electron chi connectivity index (χ1n) is 12.2. The SMILES string of the molecule is C=C(C)C(=O)NCC(=O)N[C@@H](Cc1ccccc1)C(=O)N[C@@H](CC(C)C)C(=O)NCC(=O)CC(O)CN. The molecule has 11 heteroatoms. The minimum Gasteiger partial charge on any atom is -0.391 e. The van der Waals surface area contributed by atoms with Crippen LogP contribution >= 0.6 is 0 Å². The summed E-state index contributed by atoms with van der Waals surface area (Å²) in [6, 6.07) is 7.03. The Hall–Kier alpha value is -3.57. The Morgan fingerprint density at radius 3 is 2.16 bits per heavy atom.